The van der Waals surface area contributed by atoms with Crippen molar-refractivity contribution in [1.29, 1.82) is 0 Å². The minimum absolute atomic E-state index is 0.236. The van der Waals surface area contributed by atoms with Crippen LogP contribution in [0.1, 0.15) is 48.5 Å². The fourth-order valence-corrected chi connectivity index (χ4v) is 1.36. The minimum atomic E-state index is 0.236. The third-order valence-electron chi connectivity index (χ3n) is 1.83. The molecule has 0 rings (SSSR count). The lowest BCUT2D eigenvalue weighted by Gasteiger charge is -2.14. The first kappa shape index (κ1) is 17.4. The van der Waals surface area contributed by atoms with E-state index in [-0.39, 0.29) is 5.41 Å². The lowest BCUT2D eigenvalue weighted by atomic mass is 9.91. The van der Waals surface area contributed by atoms with E-state index < -0.39 is 0 Å². The molecule has 16 heavy (non-hydrogen) atoms. The molecule has 0 aromatic heterocycles. The molecule has 0 saturated heterocycles. The summed E-state index contributed by atoms with van der Waals surface area (Å²) < 4.78 is 0. The molecule has 0 atom stereocenters. The average Bonchev–Trinajstić information content (AvgIpc) is 2.19. The van der Waals surface area contributed by atoms with E-state index in [9.17, 15) is 0 Å². The Balaban J connectivity index is 0. The van der Waals surface area contributed by atoms with E-state index in [1.165, 1.54) is 11.1 Å². The Morgan fingerprint density at radius 1 is 1.12 bits per heavy atom. The molecule has 0 unspecified atom stereocenters. The van der Waals surface area contributed by atoms with E-state index >= 15 is 0 Å². The first-order valence-electron chi connectivity index (χ1n) is 6.06. The van der Waals surface area contributed by atoms with Gasteiger partial charge in [-0.2, -0.15) is 0 Å². The van der Waals surface area contributed by atoms with Gasteiger partial charge in [0, 0.05) is 0 Å². The third kappa shape index (κ3) is 9.51. The highest BCUT2D eigenvalue weighted by molar-refractivity contribution is 5.39. The van der Waals surface area contributed by atoms with Crippen LogP contribution in [0.4, 0.5) is 0 Å². The monoisotopic (exact) mass is 220 g/mol. The second-order valence-corrected chi connectivity index (χ2v) is 4.53. The van der Waals surface area contributed by atoms with Crippen LogP contribution in [-0.4, -0.2) is 0 Å². The molecule has 0 aromatic carbocycles. The van der Waals surface area contributed by atoms with Gasteiger partial charge < -0.3 is 0 Å². The molecule has 0 aliphatic heterocycles. The molecule has 0 aromatic rings. The van der Waals surface area contributed by atoms with E-state index in [1.54, 1.807) is 6.08 Å². The molecule has 0 aliphatic rings. The molecular weight excluding hydrogens is 192 g/mol. The quantitative estimate of drug-likeness (QED) is 0.536. The highest BCUT2D eigenvalue weighted by atomic mass is 14.1. The zero-order valence-corrected chi connectivity index (χ0v) is 12.1. The van der Waals surface area contributed by atoms with Crippen molar-refractivity contribution in [3.63, 3.8) is 0 Å². The van der Waals surface area contributed by atoms with Crippen molar-refractivity contribution in [2.45, 2.75) is 48.5 Å². The normalized spacial score (nSPS) is 13.4. The van der Waals surface area contributed by atoms with Gasteiger partial charge in [0.1, 0.15) is 0 Å². The van der Waals surface area contributed by atoms with Crippen LogP contribution in [0.15, 0.2) is 48.1 Å². The van der Waals surface area contributed by atoms with Crippen LogP contribution in [0, 0.1) is 5.41 Å². The van der Waals surface area contributed by atoms with Crippen LogP contribution < -0.4 is 0 Å². The van der Waals surface area contributed by atoms with E-state index in [2.05, 4.69) is 59.4 Å². The van der Waals surface area contributed by atoms with Gasteiger partial charge in [-0.1, -0.05) is 71.6 Å². The van der Waals surface area contributed by atoms with Gasteiger partial charge in [0.15, 0.2) is 0 Å². The fraction of sp³-hybridized carbons (Fsp3) is 0.500. The smallest absolute Gasteiger partial charge is 0.0197 e. The third-order valence-corrected chi connectivity index (χ3v) is 1.83. The van der Waals surface area contributed by atoms with Gasteiger partial charge >= 0.3 is 0 Å². The van der Waals surface area contributed by atoms with Crippen LogP contribution in [0.5, 0.6) is 0 Å². The van der Waals surface area contributed by atoms with E-state index in [1.807, 2.05) is 19.9 Å². The summed E-state index contributed by atoms with van der Waals surface area (Å²) in [7, 11) is 0. The fourth-order valence-electron chi connectivity index (χ4n) is 1.36. The predicted molar refractivity (Wildman–Crippen MR) is 77.7 cm³/mol. The zero-order valence-electron chi connectivity index (χ0n) is 12.1. The van der Waals surface area contributed by atoms with Crippen LogP contribution in [0.2, 0.25) is 0 Å². The summed E-state index contributed by atoms with van der Waals surface area (Å²) in [5.74, 6) is 0. The topological polar surface area (TPSA) is 0 Å². The Labute approximate surface area is 102 Å². The summed E-state index contributed by atoms with van der Waals surface area (Å²) in [6, 6.07) is 0. The first-order valence-corrected chi connectivity index (χ1v) is 6.06. The molecule has 0 heteroatoms. The predicted octanol–water partition coefficient (Wildman–Crippen LogP) is 5.69. The largest absolute Gasteiger partial charge is 0.0991 e. The van der Waals surface area contributed by atoms with Gasteiger partial charge in [-0.05, 0) is 30.4 Å². The van der Waals surface area contributed by atoms with Gasteiger partial charge in [0.25, 0.3) is 0 Å². The number of hydrogen-bond acceptors (Lipinski definition) is 0. The van der Waals surface area contributed by atoms with Gasteiger partial charge in [0.05, 0.1) is 0 Å². The van der Waals surface area contributed by atoms with Crippen molar-refractivity contribution in [2.24, 2.45) is 5.41 Å². The Hall–Kier alpha value is -1.04. The maximum absolute atomic E-state index is 3.67. The second-order valence-electron chi connectivity index (χ2n) is 4.53. The van der Waals surface area contributed by atoms with E-state index in [4.69, 9.17) is 0 Å². The highest BCUT2D eigenvalue weighted by Crippen LogP contribution is 2.21. The Bertz CT molecular complexity index is 267. The van der Waals surface area contributed by atoms with Crippen LogP contribution in [0.25, 0.3) is 0 Å². The highest BCUT2D eigenvalue weighted by Gasteiger charge is 2.06. The van der Waals surface area contributed by atoms with Crippen molar-refractivity contribution < 1.29 is 0 Å². The van der Waals surface area contributed by atoms with E-state index in [0.29, 0.717) is 0 Å². The molecule has 0 saturated carbocycles. The lowest BCUT2D eigenvalue weighted by Crippen LogP contribution is -2.01. The van der Waals surface area contributed by atoms with Crippen LogP contribution in [-0.2, 0) is 0 Å². The van der Waals surface area contributed by atoms with Crippen LogP contribution in [0.3, 0.4) is 0 Å². The van der Waals surface area contributed by atoms with Crippen molar-refractivity contribution in [3.05, 3.63) is 48.1 Å². The summed E-state index contributed by atoms with van der Waals surface area (Å²) in [5, 5.41) is 0. The summed E-state index contributed by atoms with van der Waals surface area (Å²) in [4.78, 5) is 0. The molecule has 0 nitrogen and oxygen atoms in total. The van der Waals surface area contributed by atoms with Gasteiger partial charge in [-0.3, -0.25) is 0 Å². The molecule has 0 radical (unpaired) electrons. The summed E-state index contributed by atoms with van der Waals surface area (Å²) in [5.41, 5.74) is 2.82. The Kier molecular flexibility index (Phi) is 9.99. The van der Waals surface area contributed by atoms with Crippen LogP contribution >= 0.6 is 0 Å². The minimum Gasteiger partial charge on any atom is -0.0991 e. The summed E-state index contributed by atoms with van der Waals surface area (Å²) >= 11 is 0. The number of rotatable bonds is 3. The summed E-state index contributed by atoms with van der Waals surface area (Å²) in [6.45, 7) is 18.5. The second kappa shape index (κ2) is 9.21. The molecular formula is C16H28. The maximum atomic E-state index is 3.67. The number of allylic oxidation sites excluding steroid dienone is 7. The lowest BCUT2D eigenvalue weighted by molar-refractivity contribution is 0.541. The molecule has 0 heterocycles. The standard InChI is InChI=1S/C14H22.C2H6/c1-7-9-10-13(8-2)12(3)11-14(4,5)6;1-2/h7-11H,1H2,2-6H3;1-2H3/b10-9-,12-11+,13-8+;. The molecule has 0 fully saturated rings. The van der Waals surface area contributed by atoms with Crippen molar-refractivity contribution in [3.8, 4) is 0 Å². The molecule has 92 valence electrons. The molecule has 0 amide bonds. The molecule has 0 spiro atoms. The van der Waals surface area contributed by atoms with Crippen molar-refractivity contribution >= 4 is 0 Å². The molecule has 0 N–H and O–H groups in total. The molecule has 0 bridgehead atoms. The first-order chi connectivity index (χ1) is 7.40. The molecule has 0 aliphatic carbocycles. The Morgan fingerprint density at radius 3 is 1.94 bits per heavy atom. The Morgan fingerprint density at radius 2 is 1.62 bits per heavy atom. The number of hydrogen-bond donors (Lipinski definition) is 0. The van der Waals surface area contributed by atoms with Crippen molar-refractivity contribution in [1.82, 2.24) is 0 Å². The average molecular weight is 220 g/mol. The van der Waals surface area contributed by atoms with E-state index in [0.717, 1.165) is 0 Å². The van der Waals surface area contributed by atoms with Gasteiger partial charge in [-0.25, -0.2) is 0 Å². The van der Waals surface area contributed by atoms with Gasteiger partial charge in [-0.15, -0.1) is 0 Å². The zero-order chi connectivity index (χ0) is 13.2. The SMILES string of the molecule is C=C\C=C/C(=C\C)C(/C)=C/C(C)(C)C.CC. The summed E-state index contributed by atoms with van der Waals surface area (Å²) in [6.07, 6.45) is 10.3. The maximum Gasteiger partial charge on any atom is -0.0197 e. The van der Waals surface area contributed by atoms with Crippen molar-refractivity contribution in [2.75, 3.05) is 0 Å². The van der Waals surface area contributed by atoms with Gasteiger partial charge in [0.2, 0.25) is 0 Å².